The van der Waals surface area contributed by atoms with Gasteiger partial charge in [0.25, 0.3) is 0 Å². The summed E-state index contributed by atoms with van der Waals surface area (Å²) in [5.41, 5.74) is 4.43. The first-order valence-electron chi connectivity index (χ1n) is 9.61. The van der Waals surface area contributed by atoms with E-state index in [9.17, 15) is 0 Å². The van der Waals surface area contributed by atoms with Crippen molar-refractivity contribution in [3.05, 3.63) is 53.9 Å². The van der Waals surface area contributed by atoms with Gasteiger partial charge >= 0.3 is 0 Å². The zero-order valence-electron chi connectivity index (χ0n) is 17.5. The van der Waals surface area contributed by atoms with E-state index in [1.807, 2.05) is 48.6 Å². The van der Waals surface area contributed by atoms with Crippen LogP contribution in [0.1, 0.15) is 17.2 Å². The van der Waals surface area contributed by atoms with E-state index in [0.29, 0.717) is 23.1 Å². The first-order chi connectivity index (χ1) is 15.1. The van der Waals surface area contributed by atoms with Gasteiger partial charge in [-0.25, -0.2) is 4.98 Å². The number of nitrogens with zero attached hydrogens (tertiary/aromatic N) is 4. The fourth-order valence-electron chi connectivity index (χ4n) is 3.50. The number of aromatic nitrogens is 4. The summed E-state index contributed by atoms with van der Waals surface area (Å²) in [5.74, 6) is 4.05. The van der Waals surface area contributed by atoms with Crippen molar-refractivity contribution < 1.29 is 18.3 Å². The highest BCUT2D eigenvalue weighted by molar-refractivity contribution is 7.98. The predicted molar refractivity (Wildman–Crippen MR) is 117 cm³/mol. The van der Waals surface area contributed by atoms with Crippen LogP contribution in [-0.2, 0) is 5.75 Å². The third-order valence-electron chi connectivity index (χ3n) is 5.05. The molecule has 0 amide bonds. The van der Waals surface area contributed by atoms with Gasteiger partial charge in [-0.3, -0.25) is 4.40 Å². The number of methoxy groups -OCH3 is 2. The number of hydrogen-bond acceptors (Lipinski definition) is 8. The second-order valence-electron chi connectivity index (χ2n) is 7.02. The van der Waals surface area contributed by atoms with Crippen molar-refractivity contribution in [2.75, 3.05) is 14.2 Å². The van der Waals surface area contributed by atoms with Crippen LogP contribution in [0.15, 0.2) is 50.5 Å². The molecule has 8 nitrogen and oxygen atoms in total. The predicted octanol–water partition coefficient (Wildman–Crippen LogP) is 5.06. The number of oxazole rings is 1. The van der Waals surface area contributed by atoms with Crippen LogP contribution >= 0.6 is 11.8 Å². The molecule has 0 bridgehead atoms. The van der Waals surface area contributed by atoms with Crippen molar-refractivity contribution >= 4 is 28.4 Å². The van der Waals surface area contributed by atoms with Crippen LogP contribution < -0.4 is 9.47 Å². The van der Waals surface area contributed by atoms with Gasteiger partial charge in [0.15, 0.2) is 17.1 Å². The highest BCUT2D eigenvalue weighted by atomic mass is 32.2. The lowest BCUT2D eigenvalue weighted by molar-refractivity contribution is 0.355. The Morgan fingerprint density at radius 1 is 1.00 bits per heavy atom. The molecule has 158 valence electrons. The van der Waals surface area contributed by atoms with Crippen LogP contribution in [-0.4, -0.2) is 33.8 Å². The van der Waals surface area contributed by atoms with E-state index < -0.39 is 0 Å². The molecule has 0 radical (unpaired) electrons. The van der Waals surface area contributed by atoms with Crippen LogP contribution in [0.5, 0.6) is 11.5 Å². The highest BCUT2D eigenvalue weighted by Crippen LogP contribution is 2.34. The molecule has 4 aromatic heterocycles. The minimum absolute atomic E-state index is 0.536. The molecule has 0 aliphatic heterocycles. The molecule has 5 aromatic rings. The van der Waals surface area contributed by atoms with E-state index in [0.717, 1.165) is 44.4 Å². The number of aryl methyl sites for hydroxylation is 2. The van der Waals surface area contributed by atoms with Gasteiger partial charge in [-0.1, -0.05) is 11.8 Å². The third-order valence-corrected chi connectivity index (χ3v) is 6.04. The molecule has 9 heteroatoms. The van der Waals surface area contributed by atoms with Gasteiger partial charge < -0.3 is 18.3 Å². The van der Waals surface area contributed by atoms with Crippen molar-refractivity contribution in [1.82, 2.24) is 19.6 Å². The Kier molecular flexibility index (Phi) is 4.82. The Morgan fingerprint density at radius 3 is 2.65 bits per heavy atom. The first-order valence-corrected chi connectivity index (χ1v) is 10.6. The van der Waals surface area contributed by atoms with Gasteiger partial charge in [-0.05, 0) is 32.0 Å². The minimum Gasteiger partial charge on any atom is -0.493 e. The van der Waals surface area contributed by atoms with Crippen molar-refractivity contribution in [1.29, 1.82) is 0 Å². The quantitative estimate of drug-likeness (QED) is 0.342. The summed E-state index contributed by atoms with van der Waals surface area (Å²) < 4.78 is 24.3. The molecule has 0 saturated heterocycles. The summed E-state index contributed by atoms with van der Waals surface area (Å²) in [6.07, 6.45) is 1.70. The minimum atomic E-state index is 0.536. The van der Waals surface area contributed by atoms with Crippen molar-refractivity contribution in [3.8, 4) is 23.0 Å². The molecule has 0 unspecified atom stereocenters. The second kappa shape index (κ2) is 7.66. The maximum absolute atomic E-state index is 5.92. The number of benzene rings is 1. The topological polar surface area (TPSA) is 87.8 Å². The van der Waals surface area contributed by atoms with E-state index in [2.05, 4.69) is 10.2 Å². The molecular formula is C22H20N4O4S. The number of furan rings is 1. The summed E-state index contributed by atoms with van der Waals surface area (Å²) in [7, 11) is 3.21. The summed E-state index contributed by atoms with van der Waals surface area (Å²) in [4.78, 5) is 4.69. The summed E-state index contributed by atoms with van der Waals surface area (Å²) >= 11 is 1.56. The molecule has 0 saturated carbocycles. The maximum Gasteiger partial charge on any atom is 0.226 e. The molecule has 0 spiro atoms. The number of rotatable bonds is 6. The Balaban J connectivity index is 1.42. The van der Waals surface area contributed by atoms with Crippen LogP contribution in [0.4, 0.5) is 0 Å². The Labute approximate surface area is 182 Å². The summed E-state index contributed by atoms with van der Waals surface area (Å²) in [6.45, 7) is 3.84. The zero-order valence-corrected chi connectivity index (χ0v) is 18.3. The average molecular weight is 436 g/mol. The van der Waals surface area contributed by atoms with Gasteiger partial charge in [-0.15, -0.1) is 10.2 Å². The lowest BCUT2D eigenvalue weighted by Gasteiger charge is -2.07. The highest BCUT2D eigenvalue weighted by Gasteiger charge is 2.17. The van der Waals surface area contributed by atoms with Crippen LogP contribution in [0.3, 0.4) is 0 Å². The molecule has 0 aliphatic rings. The summed E-state index contributed by atoms with van der Waals surface area (Å²) in [6, 6.07) is 9.57. The van der Waals surface area contributed by atoms with Crippen molar-refractivity contribution in [3.63, 3.8) is 0 Å². The standard InChI is InChI=1S/C22H20N4O4S/c1-12-7-16-19(29-12)9-17-22(25-23-11-26(16)17)31-10-15-13(2)30-21(24-15)14-5-6-18(27-3)20(8-14)28-4/h5-9,11H,10H2,1-4H3. The van der Waals surface area contributed by atoms with Gasteiger partial charge in [0.05, 0.1) is 30.9 Å². The summed E-state index contributed by atoms with van der Waals surface area (Å²) in [5, 5.41) is 9.27. The van der Waals surface area contributed by atoms with E-state index in [-0.39, 0.29) is 0 Å². The van der Waals surface area contributed by atoms with Crippen molar-refractivity contribution in [2.45, 2.75) is 24.6 Å². The fraction of sp³-hybridized carbons (Fsp3) is 0.227. The van der Waals surface area contributed by atoms with E-state index in [4.69, 9.17) is 23.3 Å². The monoisotopic (exact) mass is 436 g/mol. The largest absolute Gasteiger partial charge is 0.493 e. The lowest BCUT2D eigenvalue weighted by Crippen LogP contribution is -1.94. The molecule has 0 N–H and O–H groups in total. The number of fused-ring (bicyclic) bond motifs is 3. The zero-order chi connectivity index (χ0) is 21.5. The Bertz CT molecular complexity index is 1400. The van der Waals surface area contributed by atoms with Gasteiger partial charge in [0.1, 0.15) is 22.9 Å². The number of ether oxygens (including phenoxy) is 2. The van der Waals surface area contributed by atoms with E-state index in [1.165, 1.54) is 0 Å². The SMILES string of the molecule is COc1ccc(-c2nc(CSc3nncn4c3cc3oc(C)cc34)c(C)o2)cc1OC. The smallest absolute Gasteiger partial charge is 0.226 e. The molecule has 0 fully saturated rings. The van der Waals surface area contributed by atoms with Gasteiger partial charge in [0.2, 0.25) is 5.89 Å². The van der Waals surface area contributed by atoms with E-state index >= 15 is 0 Å². The van der Waals surface area contributed by atoms with E-state index in [1.54, 1.807) is 32.3 Å². The number of thioether (sulfide) groups is 1. The van der Waals surface area contributed by atoms with Crippen LogP contribution in [0.2, 0.25) is 0 Å². The van der Waals surface area contributed by atoms with Crippen LogP contribution in [0, 0.1) is 13.8 Å². The Morgan fingerprint density at radius 2 is 1.84 bits per heavy atom. The lowest BCUT2D eigenvalue weighted by atomic mass is 10.2. The van der Waals surface area contributed by atoms with Gasteiger partial charge in [0, 0.05) is 23.4 Å². The van der Waals surface area contributed by atoms with Crippen LogP contribution in [0.25, 0.3) is 28.1 Å². The molecule has 0 atom stereocenters. The molecule has 0 aliphatic carbocycles. The maximum atomic E-state index is 5.92. The average Bonchev–Trinajstić information content (AvgIpc) is 3.43. The molecular weight excluding hydrogens is 416 g/mol. The third kappa shape index (κ3) is 3.40. The first kappa shape index (κ1) is 19.5. The van der Waals surface area contributed by atoms with Crippen molar-refractivity contribution in [2.24, 2.45) is 0 Å². The molecule has 5 rings (SSSR count). The number of hydrogen-bond donors (Lipinski definition) is 0. The fourth-order valence-corrected chi connectivity index (χ4v) is 4.45. The molecule has 31 heavy (non-hydrogen) atoms. The Hall–Kier alpha value is -3.46. The second-order valence-corrected chi connectivity index (χ2v) is 7.99. The van der Waals surface area contributed by atoms with Gasteiger partial charge in [-0.2, -0.15) is 0 Å². The molecule has 1 aromatic carbocycles. The molecule has 4 heterocycles. The normalized spacial score (nSPS) is 11.5.